The van der Waals surface area contributed by atoms with Gasteiger partial charge in [-0.15, -0.1) is 12.4 Å². The van der Waals surface area contributed by atoms with E-state index in [1.807, 2.05) is 13.8 Å². The lowest BCUT2D eigenvalue weighted by Gasteiger charge is -2.22. The average Bonchev–Trinajstić information content (AvgIpc) is 2.55. The van der Waals surface area contributed by atoms with Gasteiger partial charge < -0.3 is 20.7 Å². The number of nitrogens with one attached hydrogen (secondary N) is 3. The van der Waals surface area contributed by atoms with Crippen LogP contribution < -0.4 is 16.0 Å². The third-order valence-electron chi connectivity index (χ3n) is 3.44. The van der Waals surface area contributed by atoms with E-state index in [9.17, 15) is 14.0 Å². The molecule has 25 heavy (non-hydrogen) atoms. The maximum atomic E-state index is 13.7. The molecule has 0 heterocycles. The summed E-state index contributed by atoms with van der Waals surface area (Å²) in [4.78, 5) is 24.4. The normalized spacial score (nSPS) is 11.6. The molecule has 0 aromatic heterocycles. The first kappa shape index (κ1) is 23.3. The van der Waals surface area contributed by atoms with Crippen molar-refractivity contribution in [3.05, 3.63) is 35.6 Å². The number of halogens is 2. The number of hydrogen-bond donors (Lipinski definition) is 3. The van der Waals surface area contributed by atoms with Crippen LogP contribution in [0.2, 0.25) is 0 Å². The largest absolute Gasteiger partial charge is 0.383 e. The SMILES string of the molecule is COCCNCCNC(=O)C(NC(=O)c1ccccc1F)C(C)C.Cl. The first-order valence-electron chi connectivity index (χ1n) is 8.00. The summed E-state index contributed by atoms with van der Waals surface area (Å²) in [6.07, 6.45) is 0. The number of carbonyl (C=O) groups is 2. The number of rotatable bonds is 10. The zero-order valence-corrected chi connectivity index (χ0v) is 15.6. The minimum absolute atomic E-state index is 0. The standard InChI is InChI=1S/C17H26FN3O3.ClH/c1-12(2)15(17(23)20-9-8-19-10-11-24-3)21-16(22)13-6-4-5-7-14(13)18;/h4-7,12,15,19H,8-11H2,1-3H3,(H,20,23)(H,21,22);1H. The summed E-state index contributed by atoms with van der Waals surface area (Å²) in [7, 11) is 1.62. The molecular weight excluding hydrogens is 349 g/mol. The third-order valence-corrected chi connectivity index (χ3v) is 3.44. The molecule has 0 radical (unpaired) electrons. The van der Waals surface area contributed by atoms with E-state index in [2.05, 4.69) is 16.0 Å². The van der Waals surface area contributed by atoms with Crippen molar-refractivity contribution in [3.63, 3.8) is 0 Å². The van der Waals surface area contributed by atoms with Crippen LogP contribution >= 0.6 is 12.4 Å². The Morgan fingerprint density at radius 2 is 1.84 bits per heavy atom. The third kappa shape index (κ3) is 8.29. The fraction of sp³-hybridized carbons (Fsp3) is 0.529. The topological polar surface area (TPSA) is 79.5 Å². The molecule has 1 unspecified atom stereocenters. The van der Waals surface area contributed by atoms with Gasteiger partial charge in [0, 0.05) is 26.7 Å². The molecule has 0 spiro atoms. The molecule has 1 rings (SSSR count). The lowest BCUT2D eigenvalue weighted by atomic mass is 10.0. The Morgan fingerprint density at radius 1 is 1.16 bits per heavy atom. The van der Waals surface area contributed by atoms with Crippen molar-refractivity contribution in [1.29, 1.82) is 0 Å². The van der Waals surface area contributed by atoms with Gasteiger partial charge in [0.15, 0.2) is 0 Å². The fourth-order valence-electron chi connectivity index (χ4n) is 2.08. The van der Waals surface area contributed by atoms with Crippen molar-refractivity contribution < 1.29 is 18.7 Å². The number of amides is 2. The van der Waals surface area contributed by atoms with Gasteiger partial charge in [-0.2, -0.15) is 0 Å². The Balaban J connectivity index is 0.00000576. The highest BCUT2D eigenvalue weighted by atomic mass is 35.5. The van der Waals surface area contributed by atoms with Crippen LogP contribution in [0.3, 0.4) is 0 Å². The molecule has 0 saturated carbocycles. The lowest BCUT2D eigenvalue weighted by molar-refractivity contribution is -0.123. The summed E-state index contributed by atoms with van der Waals surface area (Å²) in [5, 5.41) is 8.47. The van der Waals surface area contributed by atoms with E-state index in [1.165, 1.54) is 18.2 Å². The molecule has 1 aromatic rings. The summed E-state index contributed by atoms with van der Waals surface area (Å²) >= 11 is 0. The Morgan fingerprint density at radius 3 is 2.44 bits per heavy atom. The molecule has 0 aliphatic rings. The maximum Gasteiger partial charge on any atom is 0.254 e. The van der Waals surface area contributed by atoms with E-state index >= 15 is 0 Å². The van der Waals surface area contributed by atoms with Crippen molar-refractivity contribution in [3.8, 4) is 0 Å². The molecule has 0 aliphatic carbocycles. The smallest absolute Gasteiger partial charge is 0.254 e. The number of hydrogen-bond acceptors (Lipinski definition) is 4. The molecule has 0 fully saturated rings. The molecule has 0 bridgehead atoms. The van der Waals surface area contributed by atoms with Gasteiger partial charge >= 0.3 is 0 Å². The van der Waals surface area contributed by atoms with Crippen LogP contribution in [0.5, 0.6) is 0 Å². The van der Waals surface area contributed by atoms with Gasteiger partial charge in [-0.05, 0) is 18.1 Å². The zero-order valence-electron chi connectivity index (χ0n) is 14.8. The minimum Gasteiger partial charge on any atom is -0.383 e. The van der Waals surface area contributed by atoms with E-state index in [0.717, 1.165) is 0 Å². The zero-order chi connectivity index (χ0) is 17.9. The van der Waals surface area contributed by atoms with E-state index in [0.29, 0.717) is 26.2 Å². The minimum atomic E-state index is -0.726. The monoisotopic (exact) mass is 375 g/mol. The Labute approximate surface area is 154 Å². The van der Waals surface area contributed by atoms with Gasteiger partial charge in [0.1, 0.15) is 11.9 Å². The van der Waals surface area contributed by atoms with Crippen molar-refractivity contribution in [2.45, 2.75) is 19.9 Å². The summed E-state index contributed by atoms with van der Waals surface area (Å²) in [5.41, 5.74) is -0.0721. The average molecular weight is 376 g/mol. The molecule has 1 atom stereocenters. The molecule has 142 valence electrons. The highest BCUT2D eigenvalue weighted by Gasteiger charge is 2.25. The van der Waals surface area contributed by atoms with Crippen LogP contribution in [0.1, 0.15) is 24.2 Å². The highest BCUT2D eigenvalue weighted by Crippen LogP contribution is 2.08. The summed E-state index contributed by atoms with van der Waals surface area (Å²) in [6, 6.07) is 4.96. The van der Waals surface area contributed by atoms with Gasteiger partial charge in [-0.25, -0.2) is 4.39 Å². The fourth-order valence-corrected chi connectivity index (χ4v) is 2.08. The van der Waals surface area contributed by atoms with E-state index in [4.69, 9.17) is 4.74 Å². The number of carbonyl (C=O) groups excluding carboxylic acids is 2. The van der Waals surface area contributed by atoms with Gasteiger partial charge in [0.05, 0.1) is 12.2 Å². The maximum absolute atomic E-state index is 13.7. The summed E-state index contributed by atoms with van der Waals surface area (Å²) in [5.74, 6) is -1.62. The predicted octanol–water partition coefficient (Wildman–Crippen LogP) is 1.35. The van der Waals surface area contributed by atoms with Crippen molar-refractivity contribution in [2.75, 3.05) is 33.4 Å². The van der Waals surface area contributed by atoms with Crippen LogP contribution in [0.4, 0.5) is 4.39 Å². The van der Waals surface area contributed by atoms with Gasteiger partial charge in [-0.3, -0.25) is 9.59 Å². The van der Waals surface area contributed by atoms with Crippen LogP contribution in [-0.2, 0) is 9.53 Å². The Hall–Kier alpha value is -1.70. The first-order chi connectivity index (χ1) is 11.5. The summed E-state index contributed by atoms with van der Waals surface area (Å²) < 4.78 is 18.6. The quantitative estimate of drug-likeness (QED) is 0.539. The molecule has 1 aromatic carbocycles. The second kappa shape index (κ2) is 12.6. The highest BCUT2D eigenvalue weighted by molar-refractivity contribution is 5.97. The van der Waals surface area contributed by atoms with Crippen LogP contribution in [0.15, 0.2) is 24.3 Å². The Kier molecular flexibility index (Phi) is 11.8. The molecular formula is C17H27ClFN3O3. The van der Waals surface area contributed by atoms with E-state index < -0.39 is 17.8 Å². The number of benzene rings is 1. The predicted molar refractivity (Wildman–Crippen MR) is 97.5 cm³/mol. The van der Waals surface area contributed by atoms with Gasteiger partial charge in [-0.1, -0.05) is 26.0 Å². The van der Waals surface area contributed by atoms with Gasteiger partial charge in [0.2, 0.25) is 5.91 Å². The number of methoxy groups -OCH3 is 1. The van der Waals surface area contributed by atoms with Crippen molar-refractivity contribution >= 4 is 24.2 Å². The summed E-state index contributed by atoms with van der Waals surface area (Å²) in [6.45, 7) is 5.97. The van der Waals surface area contributed by atoms with E-state index in [-0.39, 0.29) is 29.8 Å². The second-order valence-corrected chi connectivity index (χ2v) is 5.71. The van der Waals surface area contributed by atoms with Crippen LogP contribution in [0, 0.1) is 11.7 Å². The van der Waals surface area contributed by atoms with Crippen LogP contribution in [-0.4, -0.2) is 51.2 Å². The van der Waals surface area contributed by atoms with Crippen molar-refractivity contribution in [1.82, 2.24) is 16.0 Å². The Bertz CT molecular complexity index is 544. The number of ether oxygens (including phenoxy) is 1. The second-order valence-electron chi connectivity index (χ2n) is 5.71. The molecule has 8 heteroatoms. The van der Waals surface area contributed by atoms with Crippen LogP contribution in [0.25, 0.3) is 0 Å². The lowest BCUT2D eigenvalue weighted by Crippen LogP contribution is -2.50. The molecule has 6 nitrogen and oxygen atoms in total. The first-order valence-corrected chi connectivity index (χ1v) is 8.00. The molecule has 2 amide bonds. The molecule has 0 aliphatic heterocycles. The molecule has 0 saturated heterocycles. The van der Waals surface area contributed by atoms with Crippen molar-refractivity contribution in [2.24, 2.45) is 5.92 Å². The van der Waals surface area contributed by atoms with Gasteiger partial charge in [0.25, 0.3) is 5.91 Å². The molecule has 3 N–H and O–H groups in total. The van der Waals surface area contributed by atoms with E-state index in [1.54, 1.807) is 13.2 Å².